The molecular weight excluding hydrogens is 328 g/mol. The third-order valence-electron chi connectivity index (χ3n) is 5.50. The number of hydrogen-bond donors (Lipinski definition) is 0. The number of amides is 1. The minimum Gasteiger partial charge on any atom is -0.444 e. The number of benzene rings is 1. The lowest BCUT2D eigenvalue weighted by atomic mass is 9.70. The molecule has 0 bridgehead atoms. The maximum atomic E-state index is 12.8. The first-order valence-electron chi connectivity index (χ1n) is 9.55. The van der Waals surface area contributed by atoms with Gasteiger partial charge in [0.2, 0.25) is 0 Å². The molecule has 26 heavy (non-hydrogen) atoms. The van der Waals surface area contributed by atoms with Gasteiger partial charge in [0.1, 0.15) is 5.60 Å². The summed E-state index contributed by atoms with van der Waals surface area (Å²) in [6.07, 6.45) is 2.16. The summed E-state index contributed by atoms with van der Waals surface area (Å²) in [5, 5.41) is 0. The number of carbonyl (C=O) groups excluding carboxylic acids is 2. The minimum atomic E-state index is -0.530. The Balaban J connectivity index is 1.53. The molecule has 0 aromatic heterocycles. The van der Waals surface area contributed by atoms with Crippen LogP contribution in [0.5, 0.6) is 0 Å². The van der Waals surface area contributed by atoms with Gasteiger partial charge in [-0.3, -0.25) is 9.69 Å². The van der Waals surface area contributed by atoms with Gasteiger partial charge >= 0.3 is 6.09 Å². The van der Waals surface area contributed by atoms with Gasteiger partial charge in [-0.15, -0.1) is 0 Å². The monoisotopic (exact) mass is 358 g/mol. The van der Waals surface area contributed by atoms with Gasteiger partial charge in [-0.25, -0.2) is 4.79 Å². The number of rotatable bonds is 2. The van der Waals surface area contributed by atoms with Crippen LogP contribution in [-0.4, -0.2) is 53.5 Å². The fraction of sp³-hybridized carbons (Fsp3) is 0.619. The zero-order valence-electron chi connectivity index (χ0n) is 16.2. The van der Waals surface area contributed by atoms with Gasteiger partial charge in [-0.05, 0) is 58.7 Å². The average Bonchev–Trinajstić information content (AvgIpc) is 2.59. The van der Waals surface area contributed by atoms with Crippen molar-refractivity contribution in [2.75, 3.05) is 26.2 Å². The number of ether oxygens (including phenoxy) is 1. The second-order valence-corrected chi connectivity index (χ2v) is 8.62. The lowest BCUT2D eigenvalue weighted by molar-refractivity contribution is -0.137. The molecule has 0 N–H and O–H groups in total. The maximum absolute atomic E-state index is 12.8. The molecule has 1 amide bonds. The summed E-state index contributed by atoms with van der Waals surface area (Å²) in [6.45, 7) is 9.16. The van der Waals surface area contributed by atoms with Gasteiger partial charge in [-0.2, -0.15) is 0 Å². The Kier molecular flexibility index (Phi) is 5.37. The van der Waals surface area contributed by atoms with Crippen LogP contribution in [0.1, 0.15) is 45.6 Å². The highest BCUT2D eigenvalue weighted by molar-refractivity contribution is 5.90. The van der Waals surface area contributed by atoms with Crippen molar-refractivity contribution in [3.63, 3.8) is 0 Å². The van der Waals surface area contributed by atoms with Gasteiger partial charge in [0, 0.05) is 18.5 Å². The summed E-state index contributed by atoms with van der Waals surface area (Å²) in [5.74, 6) is 0.203. The second kappa shape index (κ2) is 7.39. The number of nitrogens with zero attached hydrogens (tertiary/aromatic N) is 2. The quantitative estimate of drug-likeness (QED) is 0.812. The Hall–Kier alpha value is -1.88. The molecule has 142 valence electrons. The maximum Gasteiger partial charge on any atom is 0.410 e. The van der Waals surface area contributed by atoms with E-state index in [1.54, 1.807) is 4.90 Å². The molecule has 5 nitrogen and oxygen atoms in total. The van der Waals surface area contributed by atoms with Crippen LogP contribution in [0.4, 0.5) is 4.79 Å². The van der Waals surface area contributed by atoms with Gasteiger partial charge < -0.3 is 9.64 Å². The first-order valence-corrected chi connectivity index (χ1v) is 9.55. The first kappa shape index (κ1) is 18.9. The molecule has 1 aromatic carbocycles. The van der Waals surface area contributed by atoms with Gasteiger partial charge in [0.25, 0.3) is 0 Å². The number of likely N-dealkylation sites (tertiary alicyclic amines) is 2. The highest BCUT2D eigenvalue weighted by atomic mass is 16.6. The van der Waals surface area contributed by atoms with Crippen molar-refractivity contribution in [3.8, 4) is 0 Å². The molecule has 0 aliphatic carbocycles. The number of Topliss-reactive ketones (excluding diaryl/α,β-unsaturated/α-hetero) is 1. The Morgan fingerprint density at radius 1 is 1.08 bits per heavy atom. The molecule has 2 saturated heterocycles. The molecule has 5 heteroatoms. The highest BCUT2D eigenvalue weighted by Gasteiger charge is 2.45. The van der Waals surface area contributed by atoms with E-state index in [0.29, 0.717) is 6.54 Å². The normalized spacial score (nSPS) is 21.0. The van der Waals surface area contributed by atoms with Crippen molar-refractivity contribution in [1.29, 1.82) is 0 Å². The summed E-state index contributed by atoms with van der Waals surface area (Å²) in [7, 11) is 0. The predicted octanol–water partition coefficient (Wildman–Crippen LogP) is 3.48. The molecule has 0 atom stereocenters. The lowest BCUT2D eigenvalue weighted by Gasteiger charge is -2.45. The van der Waals surface area contributed by atoms with Crippen molar-refractivity contribution in [3.05, 3.63) is 35.9 Å². The van der Waals surface area contributed by atoms with Gasteiger partial charge in [0.05, 0.1) is 6.54 Å². The van der Waals surface area contributed by atoms with Crippen molar-refractivity contribution < 1.29 is 14.3 Å². The molecule has 1 aromatic rings. The molecule has 2 fully saturated rings. The SMILES string of the molecule is CC(C)(C)OC(=O)N1CCC2(CCN(Cc3ccccc3)CC2)C(=O)C1. The number of carbonyl (C=O) groups is 2. The van der Waals surface area contributed by atoms with E-state index in [-0.39, 0.29) is 23.8 Å². The van der Waals surface area contributed by atoms with Crippen molar-refractivity contribution in [2.24, 2.45) is 5.41 Å². The fourth-order valence-corrected chi connectivity index (χ4v) is 3.90. The number of piperidine rings is 2. The van der Waals surface area contributed by atoms with Crippen molar-refractivity contribution in [1.82, 2.24) is 9.80 Å². The molecule has 2 aliphatic rings. The molecular formula is C21H30N2O3. The van der Waals surface area contributed by atoms with E-state index in [9.17, 15) is 9.59 Å². The van der Waals surface area contributed by atoms with Crippen LogP contribution in [0.15, 0.2) is 30.3 Å². The van der Waals surface area contributed by atoms with Crippen LogP contribution >= 0.6 is 0 Å². The fourth-order valence-electron chi connectivity index (χ4n) is 3.90. The molecule has 0 saturated carbocycles. The van der Waals surface area contributed by atoms with Crippen LogP contribution in [0, 0.1) is 5.41 Å². The largest absolute Gasteiger partial charge is 0.444 e. The third-order valence-corrected chi connectivity index (χ3v) is 5.50. The number of ketones is 1. The van der Waals surface area contributed by atoms with Crippen LogP contribution in [0.2, 0.25) is 0 Å². The summed E-state index contributed by atoms with van der Waals surface area (Å²) in [4.78, 5) is 29.1. The summed E-state index contributed by atoms with van der Waals surface area (Å²) < 4.78 is 5.41. The van der Waals surface area contributed by atoms with Gasteiger partial charge in [-0.1, -0.05) is 30.3 Å². The molecule has 2 aliphatic heterocycles. The molecule has 2 heterocycles. The smallest absolute Gasteiger partial charge is 0.410 e. The van der Waals surface area contributed by atoms with Crippen LogP contribution < -0.4 is 0 Å². The summed E-state index contributed by atoms with van der Waals surface area (Å²) in [5.41, 5.74) is 0.540. The number of hydrogen-bond acceptors (Lipinski definition) is 4. The average molecular weight is 358 g/mol. The van der Waals surface area contributed by atoms with Crippen molar-refractivity contribution >= 4 is 11.9 Å². The highest BCUT2D eigenvalue weighted by Crippen LogP contribution is 2.39. The van der Waals surface area contributed by atoms with E-state index in [1.165, 1.54) is 5.56 Å². The van der Waals surface area contributed by atoms with Crippen LogP contribution in [0.3, 0.4) is 0 Å². The topological polar surface area (TPSA) is 49.9 Å². The summed E-state index contributed by atoms with van der Waals surface area (Å²) >= 11 is 0. The zero-order chi connectivity index (χ0) is 18.8. The predicted molar refractivity (Wildman–Crippen MR) is 101 cm³/mol. The third kappa shape index (κ3) is 4.44. The Morgan fingerprint density at radius 2 is 1.69 bits per heavy atom. The Morgan fingerprint density at radius 3 is 2.27 bits per heavy atom. The second-order valence-electron chi connectivity index (χ2n) is 8.62. The first-order chi connectivity index (χ1) is 12.3. The molecule has 0 unspecified atom stereocenters. The molecule has 1 spiro atoms. The lowest BCUT2D eigenvalue weighted by Crippen LogP contribution is -2.54. The minimum absolute atomic E-state index is 0.188. The van der Waals surface area contributed by atoms with Crippen LogP contribution in [-0.2, 0) is 16.1 Å². The van der Waals surface area contributed by atoms with E-state index in [0.717, 1.165) is 38.9 Å². The molecule has 3 rings (SSSR count). The van der Waals surface area contributed by atoms with Gasteiger partial charge in [0.15, 0.2) is 5.78 Å². The van der Waals surface area contributed by atoms with E-state index in [4.69, 9.17) is 4.74 Å². The summed E-state index contributed by atoms with van der Waals surface area (Å²) in [6, 6.07) is 10.5. The van der Waals surface area contributed by atoms with E-state index >= 15 is 0 Å². The van der Waals surface area contributed by atoms with Crippen LogP contribution in [0.25, 0.3) is 0 Å². The van der Waals surface area contributed by atoms with E-state index < -0.39 is 5.60 Å². The zero-order valence-corrected chi connectivity index (χ0v) is 16.2. The van der Waals surface area contributed by atoms with E-state index in [1.807, 2.05) is 26.8 Å². The van der Waals surface area contributed by atoms with Crippen molar-refractivity contribution in [2.45, 2.75) is 52.2 Å². The Labute approximate surface area is 156 Å². The standard InChI is InChI=1S/C21H30N2O3/c1-20(2,3)26-19(25)23-14-11-21(18(24)16-23)9-12-22(13-10-21)15-17-7-5-4-6-8-17/h4-8H,9-16H2,1-3H3. The van der Waals surface area contributed by atoms with E-state index in [2.05, 4.69) is 29.2 Å². The molecule has 0 radical (unpaired) electrons. The Bertz CT molecular complexity index is 643.